The van der Waals surface area contributed by atoms with Crippen LogP contribution >= 0.6 is 35.0 Å². The molecule has 0 bridgehead atoms. The third-order valence-corrected chi connectivity index (χ3v) is 5.09. The van der Waals surface area contributed by atoms with Crippen LogP contribution in [0.15, 0.2) is 18.2 Å². The van der Waals surface area contributed by atoms with E-state index in [1.54, 1.807) is 19.1 Å². The highest BCUT2D eigenvalue weighted by atomic mass is 35.5. The van der Waals surface area contributed by atoms with Gasteiger partial charge in [-0.1, -0.05) is 23.2 Å². The summed E-state index contributed by atoms with van der Waals surface area (Å²) in [5.41, 5.74) is 0.389. The molecule has 0 aromatic heterocycles. The van der Waals surface area contributed by atoms with Crippen LogP contribution in [0.25, 0.3) is 0 Å². The molecule has 130 valence electrons. The number of rotatable bonds is 5. The van der Waals surface area contributed by atoms with Crippen LogP contribution in [-0.4, -0.2) is 41.4 Å². The van der Waals surface area contributed by atoms with Gasteiger partial charge >= 0.3 is 5.97 Å². The molecule has 0 unspecified atom stereocenters. The van der Waals surface area contributed by atoms with Crippen molar-refractivity contribution in [1.29, 1.82) is 0 Å². The van der Waals surface area contributed by atoms with Crippen molar-refractivity contribution in [2.45, 2.75) is 24.6 Å². The lowest BCUT2D eigenvalue weighted by Crippen LogP contribution is -2.51. The first-order valence-corrected chi connectivity index (χ1v) is 9.04. The summed E-state index contributed by atoms with van der Waals surface area (Å²) in [6, 6.07) is 4.04. The standard InChI is InChI=1S/C15H16Cl2N2O4S/c1-2-23-15(22)11-7-24-12(14(21)19-11)6-13(20)18-10-5-8(16)3-4-9(10)17/h3-5,11-12H,2,6-7H2,1H3,(H,18,20)(H,19,21)/t11-,12+/m1/s1. The van der Waals surface area contributed by atoms with Gasteiger partial charge in [-0.2, -0.15) is 0 Å². The van der Waals surface area contributed by atoms with Gasteiger partial charge < -0.3 is 15.4 Å². The summed E-state index contributed by atoms with van der Waals surface area (Å²) < 4.78 is 4.88. The average molecular weight is 391 g/mol. The topological polar surface area (TPSA) is 84.5 Å². The van der Waals surface area contributed by atoms with Crippen molar-refractivity contribution in [2.75, 3.05) is 17.7 Å². The third kappa shape index (κ3) is 5.03. The Kier molecular flexibility index (Phi) is 6.77. The molecule has 2 amide bonds. The van der Waals surface area contributed by atoms with Crippen molar-refractivity contribution >= 4 is 58.4 Å². The second-order valence-corrected chi connectivity index (χ2v) is 7.09. The lowest BCUT2D eigenvalue weighted by atomic mass is 10.2. The number of amides is 2. The molecule has 1 heterocycles. The molecule has 2 atom stereocenters. The number of ether oxygens (including phenoxy) is 1. The minimum Gasteiger partial charge on any atom is -0.464 e. The van der Waals surface area contributed by atoms with E-state index in [1.165, 1.54) is 17.8 Å². The number of benzene rings is 1. The lowest BCUT2D eigenvalue weighted by Gasteiger charge is -2.27. The van der Waals surface area contributed by atoms with Gasteiger partial charge in [0.25, 0.3) is 0 Å². The van der Waals surface area contributed by atoms with Crippen LogP contribution in [0.3, 0.4) is 0 Å². The van der Waals surface area contributed by atoms with E-state index < -0.39 is 17.3 Å². The molecule has 24 heavy (non-hydrogen) atoms. The fraction of sp³-hybridized carbons (Fsp3) is 0.400. The molecule has 2 rings (SSSR count). The van der Waals surface area contributed by atoms with Crippen LogP contribution in [0.4, 0.5) is 5.69 Å². The summed E-state index contributed by atoms with van der Waals surface area (Å²) in [5.74, 6) is -0.828. The van der Waals surface area contributed by atoms with E-state index in [9.17, 15) is 14.4 Å². The fourth-order valence-electron chi connectivity index (χ4n) is 2.08. The Morgan fingerprint density at radius 1 is 1.42 bits per heavy atom. The highest BCUT2D eigenvalue weighted by Crippen LogP contribution is 2.27. The lowest BCUT2D eigenvalue weighted by molar-refractivity contribution is -0.146. The molecule has 1 fully saturated rings. The van der Waals surface area contributed by atoms with Gasteiger partial charge in [0, 0.05) is 17.2 Å². The highest BCUT2D eigenvalue weighted by Gasteiger charge is 2.34. The van der Waals surface area contributed by atoms with Crippen LogP contribution in [0, 0.1) is 0 Å². The van der Waals surface area contributed by atoms with Gasteiger partial charge in [-0.15, -0.1) is 11.8 Å². The SMILES string of the molecule is CCOC(=O)[C@H]1CS[C@@H](CC(=O)Nc2cc(Cl)ccc2Cl)C(=O)N1. The van der Waals surface area contributed by atoms with E-state index in [2.05, 4.69) is 10.6 Å². The molecule has 1 aliphatic heterocycles. The second kappa shape index (κ2) is 8.60. The Morgan fingerprint density at radius 2 is 2.17 bits per heavy atom. The Hall–Kier alpha value is -1.44. The molecular formula is C15H16Cl2N2O4S. The highest BCUT2D eigenvalue weighted by molar-refractivity contribution is 8.00. The number of nitrogens with one attached hydrogen (secondary N) is 2. The molecule has 1 saturated heterocycles. The van der Waals surface area contributed by atoms with Crippen molar-refractivity contribution in [3.63, 3.8) is 0 Å². The summed E-state index contributed by atoms with van der Waals surface area (Å²) in [7, 11) is 0. The molecule has 0 spiro atoms. The summed E-state index contributed by atoms with van der Waals surface area (Å²) in [4.78, 5) is 35.8. The van der Waals surface area contributed by atoms with Crippen LogP contribution < -0.4 is 10.6 Å². The zero-order valence-electron chi connectivity index (χ0n) is 12.8. The normalized spacial score (nSPS) is 20.2. The smallest absolute Gasteiger partial charge is 0.329 e. The number of halogens is 2. The first-order valence-electron chi connectivity index (χ1n) is 7.24. The largest absolute Gasteiger partial charge is 0.464 e. The van der Waals surface area contributed by atoms with Gasteiger partial charge in [0.15, 0.2) is 0 Å². The van der Waals surface area contributed by atoms with Gasteiger partial charge in [-0.3, -0.25) is 9.59 Å². The molecule has 2 N–H and O–H groups in total. The Bertz CT molecular complexity index is 656. The number of esters is 1. The van der Waals surface area contributed by atoms with E-state index in [1.807, 2.05) is 0 Å². The van der Waals surface area contributed by atoms with E-state index in [0.29, 0.717) is 21.5 Å². The minimum absolute atomic E-state index is 0.0328. The maximum Gasteiger partial charge on any atom is 0.329 e. The first-order chi connectivity index (χ1) is 11.4. The summed E-state index contributed by atoms with van der Waals surface area (Å²) in [6.45, 7) is 1.95. The maximum absolute atomic E-state index is 12.1. The van der Waals surface area contributed by atoms with Crippen molar-refractivity contribution in [3.05, 3.63) is 28.2 Å². The Morgan fingerprint density at radius 3 is 2.83 bits per heavy atom. The Labute approximate surface area is 153 Å². The zero-order valence-corrected chi connectivity index (χ0v) is 15.1. The predicted octanol–water partition coefficient (Wildman–Crippen LogP) is 2.49. The maximum atomic E-state index is 12.1. The van der Waals surface area contributed by atoms with Gasteiger partial charge in [0.2, 0.25) is 11.8 Å². The second-order valence-electron chi connectivity index (χ2n) is 5.01. The van der Waals surface area contributed by atoms with Crippen LogP contribution in [0.1, 0.15) is 13.3 Å². The van der Waals surface area contributed by atoms with Crippen LogP contribution in [0.2, 0.25) is 10.0 Å². The molecule has 0 radical (unpaired) electrons. The zero-order chi connectivity index (χ0) is 17.7. The summed E-state index contributed by atoms with van der Waals surface area (Å²) in [5, 5.41) is 5.44. The third-order valence-electron chi connectivity index (χ3n) is 3.22. The molecule has 0 saturated carbocycles. The molecule has 1 aliphatic rings. The van der Waals surface area contributed by atoms with E-state index in [-0.39, 0.29) is 24.8 Å². The molecule has 9 heteroatoms. The van der Waals surface area contributed by atoms with Crippen molar-refractivity contribution in [2.24, 2.45) is 0 Å². The van der Waals surface area contributed by atoms with E-state index in [4.69, 9.17) is 27.9 Å². The number of carbonyl (C=O) groups excluding carboxylic acids is 3. The molecule has 1 aromatic rings. The molecule has 1 aromatic carbocycles. The molecule has 0 aliphatic carbocycles. The minimum atomic E-state index is -0.677. The van der Waals surface area contributed by atoms with Gasteiger partial charge in [-0.05, 0) is 25.1 Å². The number of thioether (sulfide) groups is 1. The number of anilines is 1. The monoisotopic (exact) mass is 390 g/mol. The van der Waals surface area contributed by atoms with Gasteiger partial charge in [0.1, 0.15) is 6.04 Å². The van der Waals surface area contributed by atoms with E-state index in [0.717, 1.165) is 0 Å². The van der Waals surface area contributed by atoms with Crippen molar-refractivity contribution in [1.82, 2.24) is 5.32 Å². The first kappa shape index (κ1) is 18.9. The molecule has 6 nitrogen and oxygen atoms in total. The van der Waals surface area contributed by atoms with Crippen molar-refractivity contribution < 1.29 is 19.1 Å². The number of hydrogen-bond donors (Lipinski definition) is 2. The average Bonchev–Trinajstić information content (AvgIpc) is 2.53. The number of hydrogen-bond acceptors (Lipinski definition) is 5. The van der Waals surface area contributed by atoms with Gasteiger partial charge in [0.05, 0.1) is 22.6 Å². The number of carbonyl (C=O) groups is 3. The Balaban J connectivity index is 1.90. The van der Waals surface area contributed by atoms with Crippen molar-refractivity contribution in [3.8, 4) is 0 Å². The predicted molar refractivity (Wildman–Crippen MR) is 94.5 cm³/mol. The summed E-state index contributed by atoms with van der Waals surface area (Å²) >= 11 is 13.1. The van der Waals surface area contributed by atoms with Gasteiger partial charge in [-0.25, -0.2) is 4.79 Å². The fourth-order valence-corrected chi connectivity index (χ4v) is 3.55. The molecular weight excluding hydrogens is 375 g/mol. The van der Waals surface area contributed by atoms with Crippen LogP contribution in [0.5, 0.6) is 0 Å². The van der Waals surface area contributed by atoms with Crippen LogP contribution in [-0.2, 0) is 19.1 Å². The van der Waals surface area contributed by atoms with E-state index >= 15 is 0 Å². The summed E-state index contributed by atoms with van der Waals surface area (Å²) in [6.07, 6.45) is -0.0328. The quantitative estimate of drug-likeness (QED) is 0.754.